The highest BCUT2D eigenvalue weighted by molar-refractivity contribution is 5.33. The van der Waals surface area contributed by atoms with E-state index in [1.165, 1.54) is 16.7 Å². The first-order valence-electron chi connectivity index (χ1n) is 6.16. The Hall–Kier alpha value is -0.900. The van der Waals surface area contributed by atoms with Gasteiger partial charge >= 0.3 is 0 Å². The Bertz CT molecular complexity index is 372. The first kappa shape index (κ1) is 12.6. The van der Waals surface area contributed by atoms with Gasteiger partial charge < -0.3 is 14.8 Å². The van der Waals surface area contributed by atoms with Gasteiger partial charge in [-0.15, -0.1) is 0 Å². The lowest BCUT2D eigenvalue weighted by Crippen LogP contribution is -2.39. The minimum absolute atomic E-state index is 0.107. The molecule has 1 aliphatic heterocycles. The molecular formula is C14H21NO2. The van der Waals surface area contributed by atoms with Gasteiger partial charge in [-0.2, -0.15) is 0 Å². The predicted molar refractivity (Wildman–Crippen MR) is 68.3 cm³/mol. The lowest BCUT2D eigenvalue weighted by atomic mass is 9.95. The van der Waals surface area contributed by atoms with Gasteiger partial charge in [-0.3, -0.25) is 0 Å². The van der Waals surface area contributed by atoms with Crippen LogP contribution in [0.1, 0.15) is 22.7 Å². The third kappa shape index (κ3) is 2.86. The summed E-state index contributed by atoms with van der Waals surface area (Å²) in [6, 6.07) is 6.75. The predicted octanol–water partition coefficient (Wildman–Crippen LogP) is 1.98. The molecule has 1 aromatic carbocycles. The van der Waals surface area contributed by atoms with E-state index in [9.17, 15) is 0 Å². The van der Waals surface area contributed by atoms with E-state index >= 15 is 0 Å². The second kappa shape index (κ2) is 5.63. The number of likely N-dealkylation sites (N-methyl/N-ethyl adjacent to an activating group) is 1. The van der Waals surface area contributed by atoms with Crippen molar-refractivity contribution in [2.75, 3.05) is 26.9 Å². The quantitative estimate of drug-likeness (QED) is 0.869. The van der Waals surface area contributed by atoms with E-state index in [-0.39, 0.29) is 12.1 Å². The molecule has 1 aliphatic rings. The van der Waals surface area contributed by atoms with Crippen LogP contribution in [0.2, 0.25) is 0 Å². The van der Waals surface area contributed by atoms with Crippen LogP contribution in [0.4, 0.5) is 0 Å². The van der Waals surface area contributed by atoms with E-state index in [1.54, 1.807) is 0 Å². The second-order valence-corrected chi connectivity index (χ2v) is 4.61. The van der Waals surface area contributed by atoms with Crippen LogP contribution in [-0.4, -0.2) is 33.0 Å². The van der Waals surface area contributed by atoms with Crippen LogP contribution >= 0.6 is 0 Å². The van der Waals surface area contributed by atoms with Crippen molar-refractivity contribution in [2.24, 2.45) is 0 Å². The minimum atomic E-state index is 0.107. The Morgan fingerprint density at radius 1 is 1.29 bits per heavy atom. The molecule has 1 aromatic rings. The maximum Gasteiger partial charge on any atom is 0.100 e. The Morgan fingerprint density at radius 2 is 2.12 bits per heavy atom. The molecule has 0 amide bonds. The molecule has 1 fully saturated rings. The van der Waals surface area contributed by atoms with Gasteiger partial charge in [-0.1, -0.05) is 23.8 Å². The van der Waals surface area contributed by atoms with Crippen molar-refractivity contribution in [3.8, 4) is 0 Å². The van der Waals surface area contributed by atoms with E-state index in [0.717, 1.165) is 0 Å². The molecule has 94 valence electrons. The monoisotopic (exact) mass is 235 g/mol. The molecule has 0 bridgehead atoms. The molecule has 0 radical (unpaired) electrons. The summed E-state index contributed by atoms with van der Waals surface area (Å²) in [5.41, 5.74) is 3.90. The number of benzene rings is 1. The largest absolute Gasteiger partial charge is 0.376 e. The van der Waals surface area contributed by atoms with Gasteiger partial charge in [0.15, 0.2) is 0 Å². The van der Waals surface area contributed by atoms with Crippen LogP contribution in [0.5, 0.6) is 0 Å². The molecule has 0 aromatic heterocycles. The summed E-state index contributed by atoms with van der Waals surface area (Å²) in [6.45, 7) is 6.33. The van der Waals surface area contributed by atoms with E-state index in [2.05, 4.69) is 37.4 Å². The van der Waals surface area contributed by atoms with Gasteiger partial charge in [-0.25, -0.2) is 0 Å². The van der Waals surface area contributed by atoms with Crippen molar-refractivity contribution in [1.29, 1.82) is 0 Å². The minimum Gasteiger partial charge on any atom is -0.376 e. The van der Waals surface area contributed by atoms with Crippen molar-refractivity contribution in [1.82, 2.24) is 5.32 Å². The summed E-state index contributed by atoms with van der Waals surface area (Å²) in [4.78, 5) is 0. The normalized spacial score (nSPS) is 22.4. The summed E-state index contributed by atoms with van der Waals surface area (Å²) in [7, 11) is 1.97. The molecule has 0 spiro atoms. The standard InChI is InChI=1S/C14H21NO2/c1-10-4-5-12(11(2)8-10)14(15-3)13-9-16-6-7-17-13/h4-5,8,13-15H,6-7,9H2,1-3H3. The summed E-state index contributed by atoms with van der Waals surface area (Å²) in [6.07, 6.45) is 0.107. The molecule has 3 heteroatoms. The summed E-state index contributed by atoms with van der Waals surface area (Å²) >= 11 is 0. The van der Waals surface area contributed by atoms with E-state index in [1.807, 2.05) is 7.05 Å². The Labute approximate surface area is 103 Å². The molecule has 2 atom stereocenters. The van der Waals surface area contributed by atoms with Crippen molar-refractivity contribution in [3.05, 3.63) is 34.9 Å². The average Bonchev–Trinajstić information content (AvgIpc) is 2.34. The molecule has 1 N–H and O–H groups in total. The average molecular weight is 235 g/mol. The van der Waals surface area contributed by atoms with Crippen molar-refractivity contribution in [2.45, 2.75) is 26.0 Å². The molecule has 2 rings (SSSR count). The summed E-state index contributed by atoms with van der Waals surface area (Å²) in [5, 5.41) is 3.34. The molecule has 1 saturated heterocycles. The molecule has 2 unspecified atom stereocenters. The van der Waals surface area contributed by atoms with Gasteiger partial charge in [0.25, 0.3) is 0 Å². The number of nitrogens with one attached hydrogen (secondary N) is 1. The third-order valence-corrected chi connectivity index (χ3v) is 3.28. The summed E-state index contributed by atoms with van der Waals surface area (Å²) < 4.78 is 11.3. The zero-order valence-corrected chi connectivity index (χ0v) is 10.8. The molecule has 3 nitrogen and oxygen atoms in total. The number of aryl methyl sites for hydroxylation is 2. The highest BCUT2D eigenvalue weighted by atomic mass is 16.6. The van der Waals surface area contributed by atoms with E-state index in [0.29, 0.717) is 19.8 Å². The molecule has 17 heavy (non-hydrogen) atoms. The molecular weight excluding hydrogens is 214 g/mol. The van der Waals surface area contributed by atoms with Gasteiger partial charge in [0, 0.05) is 0 Å². The van der Waals surface area contributed by atoms with Gasteiger partial charge in [0.2, 0.25) is 0 Å². The van der Waals surface area contributed by atoms with Crippen molar-refractivity contribution < 1.29 is 9.47 Å². The Morgan fingerprint density at radius 3 is 2.71 bits per heavy atom. The Balaban J connectivity index is 2.21. The molecule has 1 heterocycles. The zero-order chi connectivity index (χ0) is 12.3. The van der Waals surface area contributed by atoms with E-state index < -0.39 is 0 Å². The summed E-state index contributed by atoms with van der Waals surface area (Å²) in [5.74, 6) is 0. The van der Waals surface area contributed by atoms with Gasteiger partial charge in [0.1, 0.15) is 6.10 Å². The van der Waals surface area contributed by atoms with Gasteiger partial charge in [0.05, 0.1) is 25.9 Å². The fourth-order valence-corrected chi connectivity index (χ4v) is 2.41. The third-order valence-electron chi connectivity index (χ3n) is 3.28. The van der Waals surface area contributed by atoms with E-state index in [4.69, 9.17) is 9.47 Å². The van der Waals surface area contributed by atoms with Crippen LogP contribution in [0.3, 0.4) is 0 Å². The van der Waals surface area contributed by atoms with Gasteiger partial charge in [-0.05, 0) is 32.0 Å². The van der Waals surface area contributed by atoms with Crippen molar-refractivity contribution >= 4 is 0 Å². The highest BCUT2D eigenvalue weighted by Gasteiger charge is 2.26. The van der Waals surface area contributed by atoms with Crippen LogP contribution in [-0.2, 0) is 9.47 Å². The second-order valence-electron chi connectivity index (χ2n) is 4.61. The Kier molecular flexibility index (Phi) is 4.15. The topological polar surface area (TPSA) is 30.5 Å². The fraction of sp³-hybridized carbons (Fsp3) is 0.571. The molecule has 0 saturated carbocycles. The van der Waals surface area contributed by atoms with Crippen LogP contribution in [0.15, 0.2) is 18.2 Å². The van der Waals surface area contributed by atoms with Crippen LogP contribution in [0, 0.1) is 13.8 Å². The first-order chi connectivity index (χ1) is 8.22. The highest BCUT2D eigenvalue weighted by Crippen LogP contribution is 2.24. The smallest absolute Gasteiger partial charge is 0.100 e. The molecule has 0 aliphatic carbocycles. The first-order valence-corrected chi connectivity index (χ1v) is 6.16. The fourth-order valence-electron chi connectivity index (χ4n) is 2.41. The zero-order valence-electron chi connectivity index (χ0n) is 10.8. The van der Waals surface area contributed by atoms with Crippen LogP contribution in [0.25, 0.3) is 0 Å². The number of hydrogen-bond acceptors (Lipinski definition) is 3. The number of hydrogen-bond donors (Lipinski definition) is 1. The lowest BCUT2D eigenvalue weighted by Gasteiger charge is -2.31. The van der Waals surface area contributed by atoms with Crippen LogP contribution < -0.4 is 5.32 Å². The maximum absolute atomic E-state index is 5.78. The van der Waals surface area contributed by atoms with Crippen molar-refractivity contribution in [3.63, 3.8) is 0 Å². The number of ether oxygens (including phenoxy) is 2. The number of rotatable bonds is 3. The maximum atomic E-state index is 5.78. The lowest BCUT2D eigenvalue weighted by molar-refractivity contribution is -0.101. The SMILES string of the molecule is CNC(c1ccc(C)cc1C)C1COCCO1.